The van der Waals surface area contributed by atoms with Gasteiger partial charge in [0.05, 0.1) is 6.10 Å². The highest BCUT2D eigenvalue weighted by Crippen LogP contribution is 2.21. The second kappa shape index (κ2) is 6.33. The molecule has 3 nitrogen and oxygen atoms in total. The summed E-state index contributed by atoms with van der Waals surface area (Å²) in [5.41, 5.74) is 1.40. The largest absolute Gasteiger partial charge is 0.392 e. The number of nitrogens with one attached hydrogen (secondary N) is 1. The van der Waals surface area contributed by atoms with Gasteiger partial charge in [-0.1, -0.05) is 39.0 Å². The first-order valence-electron chi connectivity index (χ1n) is 7.16. The molecular weight excluding hydrogens is 248 g/mol. The van der Waals surface area contributed by atoms with Crippen LogP contribution in [0, 0.1) is 5.41 Å². The second-order valence-corrected chi connectivity index (χ2v) is 6.56. The van der Waals surface area contributed by atoms with Crippen LogP contribution in [0.3, 0.4) is 0 Å². The van der Waals surface area contributed by atoms with Gasteiger partial charge < -0.3 is 10.4 Å². The molecule has 0 fully saturated rings. The fourth-order valence-corrected chi connectivity index (χ4v) is 2.50. The normalized spacial score (nSPS) is 13.6. The van der Waals surface area contributed by atoms with E-state index in [1.807, 2.05) is 24.5 Å². The summed E-state index contributed by atoms with van der Waals surface area (Å²) in [5, 5.41) is 15.7. The summed E-state index contributed by atoms with van der Waals surface area (Å²) in [4.78, 5) is 4.14. The Morgan fingerprint density at radius 3 is 2.80 bits per heavy atom. The summed E-state index contributed by atoms with van der Waals surface area (Å²) in [6.45, 7) is 7.83. The van der Waals surface area contributed by atoms with Crippen LogP contribution >= 0.6 is 0 Å². The van der Waals surface area contributed by atoms with Crippen LogP contribution < -0.4 is 5.32 Å². The third-order valence-corrected chi connectivity index (χ3v) is 3.31. The van der Waals surface area contributed by atoms with E-state index in [0.29, 0.717) is 6.54 Å². The Kier molecular flexibility index (Phi) is 4.73. The molecule has 108 valence electrons. The van der Waals surface area contributed by atoms with Crippen molar-refractivity contribution < 1.29 is 5.11 Å². The quantitative estimate of drug-likeness (QED) is 0.879. The van der Waals surface area contributed by atoms with Crippen molar-refractivity contribution in [2.45, 2.75) is 39.8 Å². The predicted octanol–water partition coefficient (Wildman–Crippen LogP) is 3.12. The minimum Gasteiger partial charge on any atom is -0.392 e. The summed E-state index contributed by atoms with van der Waals surface area (Å²) in [5.74, 6) is 0. The third kappa shape index (κ3) is 4.29. The Morgan fingerprint density at radius 1 is 1.25 bits per heavy atom. The molecule has 1 heterocycles. The molecule has 1 atom stereocenters. The van der Waals surface area contributed by atoms with Gasteiger partial charge in [0.2, 0.25) is 0 Å². The lowest BCUT2D eigenvalue weighted by molar-refractivity contribution is 0.119. The Labute approximate surface area is 121 Å². The van der Waals surface area contributed by atoms with E-state index in [1.54, 1.807) is 0 Å². The maximum atomic E-state index is 10.0. The van der Waals surface area contributed by atoms with Gasteiger partial charge in [-0.3, -0.25) is 4.98 Å². The molecule has 0 saturated carbocycles. The molecule has 0 spiro atoms. The van der Waals surface area contributed by atoms with E-state index >= 15 is 0 Å². The fourth-order valence-electron chi connectivity index (χ4n) is 2.50. The number of aliphatic hydroxyl groups is 1. The minimum atomic E-state index is -0.299. The highest BCUT2D eigenvalue weighted by atomic mass is 16.3. The number of nitrogens with zero attached hydrogens (tertiary/aromatic N) is 1. The van der Waals surface area contributed by atoms with Crippen LogP contribution in [0.1, 0.15) is 32.8 Å². The fraction of sp³-hybridized carbons (Fsp3) is 0.471. The van der Waals surface area contributed by atoms with Crippen molar-refractivity contribution in [1.29, 1.82) is 0 Å². The third-order valence-electron chi connectivity index (χ3n) is 3.31. The average molecular weight is 272 g/mol. The molecule has 0 radical (unpaired) electrons. The Morgan fingerprint density at radius 2 is 2.05 bits per heavy atom. The zero-order valence-electron chi connectivity index (χ0n) is 12.6. The van der Waals surface area contributed by atoms with Crippen molar-refractivity contribution >= 4 is 10.8 Å². The van der Waals surface area contributed by atoms with Crippen LogP contribution in [0.15, 0.2) is 36.7 Å². The molecular formula is C17H24N2O. The lowest BCUT2D eigenvalue weighted by Gasteiger charge is -2.22. The van der Waals surface area contributed by atoms with Crippen LogP contribution in [-0.2, 0) is 6.54 Å². The summed E-state index contributed by atoms with van der Waals surface area (Å²) in [6.07, 6.45) is 4.21. The van der Waals surface area contributed by atoms with E-state index in [0.717, 1.165) is 18.4 Å². The molecule has 0 amide bonds. The first kappa shape index (κ1) is 14.9. The van der Waals surface area contributed by atoms with E-state index in [-0.39, 0.29) is 11.5 Å². The molecule has 20 heavy (non-hydrogen) atoms. The molecule has 1 unspecified atom stereocenters. The number of hydrogen-bond donors (Lipinski definition) is 2. The molecule has 2 aromatic rings. The molecule has 0 aliphatic carbocycles. The number of hydrogen-bond acceptors (Lipinski definition) is 3. The monoisotopic (exact) mass is 272 g/mol. The molecule has 0 bridgehead atoms. The smallest absolute Gasteiger partial charge is 0.0669 e. The van der Waals surface area contributed by atoms with Gasteiger partial charge in [0, 0.05) is 30.9 Å². The van der Waals surface area contributed by atoms with Crippen LogP contribution in [0.5, 0.6) is 0 Å². The summed E-state index contributed by atoms with van der Waals surface area (Å²) < 4.78 is 0. The zero-order chi connectivity index (χ0) is 14.6. The van der Waals surface area contributed by atoms with E-state index in [4.69, 9.17) is 0 Å². The van der Waals surface area contributed by atoms with Crippen molar-refractivity contribution in [2.75, 3.05) is 6.54 Å². The van der Waals surface area contributed by atoms with E-state index in [1.165, 1.54) is 10.9 Å². The highest BCUT2D eigenvalue weighted by molar-refractivity contribution is 5.84. The van der Waals surface area contributed by atoms with Gasteiger partial charge >= 0.3 is 0 Å². The summed E-state index contributed by atoms with van der Waals surface area (Å²) in [6, 6.07) is 8.27. The maximum absolute atomic E-state index is 10.0. The van der Waals surface area contributed by atoms with Gasteiger partial charge in [0.1, 0.15) is 0 Å². The molecule has 0 aliphatic heterocycles. The number of rotatable bonds is 5. The van der Waals surface area contributed by atoms with Crippen molar-refractivity contribution in [3.05, 3.63) is 42.2 Å². The average Bonchev–Trinajstić information content (AvgIpc) is 2.37. The molecule has 1 aromatic carbocycles. The molecule has 3 heteroatoms. The lowest BCUT2D eigenvalue weighted by atomic mass is 9.89. The SMILES string of the molecule is CC(C)(C)CC(O)CNCc1cccc2cnccc12. The molecule has 0 saturated heterocycles. The van der Waals surface area contributed by atoms with Gasteiger partial charge in [-0.05, 0) is 28.9 Å². The van der Waals surface area contributed by atoms with Crippen LogP contribution in [-0.4, -0.2) is 22.7 Å². The Balaban J connectivity index is 1.93. The summed E-state index contributed by atoms with van der Waals surface area (Å²) in [7, 11) is 0. The van der Waals surface area contributed by atoms with Crippen molar-refractivity contribution in [3.8, 4) is 0 Å². The number of aliphatic hydroxyl groups excluding tert-OH is 1. The first-order valence-corrected chi connectivity index (χ1v) is 7.16. The standard InChI is InChI=1S/C17H24N2O/c1-17(2,3)9-15(20)12-19-11-14-6-4-5-13-10-18-8-7-16(13)14/h4-8,10,15,19-20H,9,11-12H2,1-3H3. The minimum absolute atomic E-state index is 0.159. The van der Waals surface area contributed by atoms with Crippen LogP contribution in [0.25, 0.3) is 10.8 Å². The summed E-state index contributed by atoms with van der Waals surface area (Å²) >= 11 is 0. The number of pyridine rings is 1. The Hall–Kier alpha value is -1.45. The van der Waals surface area contributed by atoms with Gasteiger partial charge in [-0.15, -0.1) is 0 Å². The Bertz CT molecular complexity index is 555. The predicted molar refractivity (Wildman–Crippen MR) is 83.5 cm³/mol. The first-order chi connectivity index (χ1) is 9.46. The zero-order valence-corrected chi connectivity index (χ0v) is 12.6. The van der Waals surface area contributed by atoms with Gasteiger partial charge in [0.15, 0.2) is 0 Å². The van der Waals surface area contributed by atoms with Crippen LogP contribution in [0.2, 0.25) is 0 Å². The molecule has 2 N–H and O–H groups in total. The van der Waals surface area contributed by atoms with E-state index < -0.39 is 0 Å². The highest BCUT2D eigenvalue weighted by Gasteiger charge is 2.16. The molecule has 2 rings (SSSR count). The number of aromatic nitrogens is 1. The number of fused-ring (bicyclic) bond motifs is 1. The molecule has 0 aliphatic rings. The van der Waals surface area contributed by atoms with Crippen molar-refractivity contribution in [2.24, 2.45) is 5.41 Å². The number of benzene rings is 1. The van der Waals surface area contributed by atoms with Crippen molar-refractivity contribution in [1.82, 2.24) is 10.3 Å². The van der Waals surface area contributed by atoms with Crippen LogP contribution in [0.4, 0.5) is 0 Å². The van der Waals surface area contributed by atoms with Gasteiger partial charge in [-0.25, -0.2) is 0 Å². The van der Waals surface area contributed by atoms with Crippen molar-refractivity contribution in [3.63, 3.8) is 0 Å². The maximum Gasteiger partial charge on any atom is 0.0669 e. The van der Waals surface area contributed by atoms with E-state index in [2.05, 4.69) is 43.2 Å². The van der Waals surface area contributed by atoms with E-state index in [9.17, 15) is 5.11 Å². The molecule has 1 aromatic heterocycles. The second-order valence-electron chi connectivity index (χ2n) is 6.56. The lowest BCUT2D eigenvalue weighted by Crippen LogP contribution is -2.29. The van der Waals surface area contributed by atoms with Gasteiger partial charge in [-0.2, -0.15) is 0 Å². The topological polar surface area (TPSA) is 45.1 Å². The van der Waals surface area contributed by atoms with Gasteiger partial charge in [0.25, 0.3) is 0 Å².